The summed E-state index contributed by atoms with van der Waals surface area (Å²) >= 11 is 3.18. The van der Waals surface area contributed by atoms with E-state index in [0.29, 0.717) is 10.3 Å². The number of rotatable bonds is 6. The number of unbranched alkanes of at least 4 members (excludes halogenated alkanes) is 1. The highest BCUT2D eigenvalue weighted by Gasteiger charge is 2.17. The van der Waals surface area contributed by atoms with Gasteiger partial charge in [0.1, 0.15) is 0 Å². The fourth-order valence-corrected chi connectivity index (χ4v) is 1.81. The molecule has 0 amide bonds. The Morgan fingerprint density at radius 1 is 1.65 bits per heavy atom. The van der Waals surface area contributed by atoms with Crippen molar-refractivity contribution in [3.8, 4) is 0 Å². The van der Waals surface area contributed by atoms with E-state index in [-0.39, 0.29) is 11.7 Å². The Kier molecular flexibility index (Phi) is 5.34. The average Bonchev–Trinajstić information content (AvgIpc) is 2.28. The Bertz CT molecular complexity index is 398. The van der Waals surface area contributed by atoms with Gasteiger partial charge >= 0.3 is 5.69 Å². The molecule has 1 aromatic heterocycles. The van der Waals surface area contributed by atoms with Gasteiger partial charge in [-0.15, -0.1) is 0 Å². The van der Waals surface area contributed by atoms with Crippen LogP contribution in [0.25, 0.3) is 0 Å². The number of anilines is 1. The number of halogens is 1. The van der Waals surface area contributed by atoms with E-state index in [1.165, 1.54) is 6.07 Å². The predicted octanol–water partition coefficient (Wildman–Crippen LogP) is 3.74. The van der Waals surface area contributed by atoms with Gasteiger partial charge in [0.05, 0.1) is 4.92 Å². The molecule has 1 heterocycles. The Labute approximate surface area is 109 Å². The van der Waals surface area contributed by atoms with E-state index in [1.54, 1.807) is 6.20 Å². The Morgan fingerprint density at radius 3 is 2.94 bits per heavy atom. The predicted molar refractivity (Wildman–Crippen MR) is 71.2 cm³/mol. The molecule has 1 aromatic rings. The summed E-state index contributed by atoms with van der Waals surface area (Å²) in [6.45, 7) is 4.12. The van der Waals surface area contributed by atoms with Gasteiger partial charge in [-0.3, -0.25) is 10.1 Å². The molecule has 0 radical (unpaired) electrons. The lowest BCUT2D eigenvalue weighted by Gasteiger charge is -2.13. The largest absolute Gasteiger partial charge is 0.362 e. The van der Waals surface area contributed by atoms with E-state index in [2.05, 4.69) is 33.2 Å². The third-order valence-electron chi connectivity index (χ3n) is 2.40. The summed E-state index contributed by atoms with van der Waals surface area (Å²) in [6, 6.07) is 1.64. The molecule has 1 unspecified atom stereocenters. The maximum atomic E-state index is 10.9. The lowest BCUT2D eigenvalue weighted by Crippen LogP contribution is -2.16. The molecule has 94 valence electrons. The highest BCUT2D eigenvalue weighted by atomic mass is 79.9. The second kappa shape index (κ2) is 6.54. The Balaban J connectivity index is 2.79. The SMILES string of the molecule is CCCCC(C)Nc1ncc(Br)cc1[N+](=O)[O-]. The van der Waals surface area contributed by atoms with Crippen molar-refractivity contribution in [1.82, 2.24) is 4.98 Å². The van der Waals surface area contributed by atoms with Crippen molar-refractivity contribution in [2.24, 2.45) is 0 Å². The zero-order chi connectivity index (χ0) is 12.8. The number of pyridine rings is 1. The molecule has 5 nitrogen and oxygen atoms in total. The normalized spacial score (nSPS) is 12.2. The first-order valence-electron chi connectivity index (χ1n) is 5.61. The summed E-state index contributed by atoms with van der Waals surface area (Å²) < 4.78 is 0.607. The summed E-state index contributed by atoms with van der Waals surface area (Å²) in [6.07, 6.45) is 4.74. The maximum Gasteiger partial charge on any atom is 0.312 e. The first-order chi connectivity index (χ1) is 8.04. The van der Waals surface area contributed by atoms with E-state index < -0.39 is 4.92 Å². The molecule has 0 saturated heterocycles. The fraction of sp³-hybridized carbons (Fsp3) is 0.545. The van der Waals surface area contributed by atoms with E-state index >= 15 is 0 Å². The zero-order valence-electron chi connectivity index (χ0n) is 9.94. The minimum Gasteiger partial charge on any atom is -0.362 e. The van der Waals surface area contributed by atoms with E-state index in [4.69, 9.17) is 0 Å². The quantitative estimate of drug-likeness (QED) is 0.642. The lowest BCUT2D eigenvalue weighted by molar-refractivity contribution is -0.384. The molecule has 0 saturated carbocycles. The fourth-order valence-electron chi connectivity index (χ4n) is 1.49. The summed E-state index contributed by atoms with van der Waals surface area (Å²) in [4.78, 5) is 14.5. The monoisotopic (exact) mass is 301 g/mol. The molecule has 1 atom stereocenters. The second-order valence-electron chi connectivity index (χ2n) is 3.97. The first-order valence-corrected chi connectivity index (χ1v) is 6.40. The number of hydrogen-bond donors (Lipinski definition) is 1. The first kappa shape index (κ1) is 13.9. The summed E-state index contributed by atoms with van der Waals surface area (Å²) in [5, 5.41) is 14.0. The van der Waals surface area contributed by atoms with E-state index in [1.807, 2.05) is 6.92 Å². The van der Waals surface area contributed by atoms with Gasteiger partial charge in [-0.1, -0.05) is 19.8 Å². The van der Waals surface area contributed by atoms with Crippen LogP contribution in [0.15, 0.2) is 16.7 Å². The van der Waals surface area contributed by atoms with Crippen molar-refractivity contribution >= 4 is 27.4 Å². The molecular formula is C11H16BrN3O2. The van der Waals surface area contributed by atoms with Crippen LogP contribution in [0.1, 0.15) is 33.1 Å². The van der Waals surface area contributed by atoms with Crippen LogP contribution in [-0.2, 0) is 0 Å². The van der Waals surface area contributed by atoms with Crippen LogP contribution in [0.2, 0.25) is 0 Å². The number of hydrogen-bond acceptors (Lipinski definition) is 4. The van der Waals surface area contributed by atoms with Crippen LogP contribution in [0.4, 0.5) is 11.5 Å². The van der Waals surface area contributed by atoms with Gasteiger partial charge in [0.15, 0.2) is 0 Å². The standard InChI is InChI=1S/C11H16BrN3O2/c1-3-4-5-8(2)14-11-10(15(16)17)6-9(12)7-13-11/h6-8H,3-5H2,1-2H3,(H,13,14). The number of nitro groups is 1. The Morgan fingerprint density at radius 2 is 2.35 bits per heavy atom. The molecule has 0 spiro atoms. The minimum absolute atomic E-state index is 0.00252. The van der Waals surface area contributed by atoms with Gasteiger partial charge < -0.3 is 5.32 Å². The van der Waals surface area contributed by atoms with Crippen LogP contribution >= 0.6 is 15.9 Å². The smallest absolute Gasteiger partial charge is 0.312 e. The molecule has 6 heteroatoms. The summed E-state index contributed by atoms with van der Waals surface area (Å²) in [5.74, 6) is 0.335. The van der Waals surface area contributed by atoms with E-state index in [0.717, 1.165) is 19.3 Å². The van der Waals surface area contributed by atoms with Crippen molar-refractivity contribution < 1.29 is 4.92 Å². The van der Waals surface area contributed by atoms with Gasteiger partial charge in [0.25, 0.3) is 0 Å². The van der Waals surface area contributed by atoms with Crippen LogP contribution in [0.3, 0.4) is 0 Å². The minimum atomic E-state index is -0.424. The number of aromatic nitrogens is 1. The van der Waals surface area contributed by atoms with Crippen molar-refractivity contribution in [2.75, 3.05) is 5.32 Å². The van der Waals surface area contributed by atoms with Crippen LogP contribution in [0, 0.1) is 10.1 Å². The molecule has 0 aromatic carbocycles. The maximum absolute atomic E-state index is 10.9. The van der Waals surface area contributed by atoms with Crippen molar-refractivity contribution in [3.05, 3.63) is 26.9 Å². The molecule has 0 aliphatic carbocycles. The summed E-state index contributed by atoms with van der Waals surface area (Å²) in [5.41, 5.74) is 0.00252. The van der Waals surface area contributed by atoms with Gasteiger partial charge in [-0.25, -0.2) is 4.98 Å². The molecule has 0 bridgehead atoms. The summed E-state index contributed by atoms with van der Waals surface area (Å²) in [7, 11) is 0. The molecule has 1 N–H and O–H groups in total. The van der Waals surface area contributed by atoms with Crippen LogP contribution in [-0.4, -0.2) is 15.9 Å². The number of nitrogens with one attached hydrogen (secondary N) is 1. The lowest BCUT2D eigenvalue weighted by atomic mass is 10.1. The molecule has 0 aliphatic rings. The topological polar surface area (TPSA) is 68.1 Å². The molecule has 0 fully saturated rings. The highest BCUT2D eigenvalue weighted by molar-refractivity contribution is 9.10. The third-order valence-corrected chi connectivity index (χ3v) is 2.84. The second-order valence-corrected chi connectivity index (χ2v) is 4.88. The molecule has 0 aliphatic heterocycles. The third kappa shape index (κ3) is 4.30. The van der Waals surface area contributed by atoms with E-state index in [9.17, 15) is 10.1 Å². The molecule has 1 rings (SSSR count). The molecule has 17 heavy (non-hydrogen) atoms. The van der Waals surface area contributed by atoms with Gasteiger partial charge in [-0.2, -0.15) is 0 Å². The van der Waals surface area contributed by atoms with Gasteiger partial charge in [0.2, 0.25) is 5.82 Å². The van der Waals surface area contributed by atoms with Crippen LogP contribution < -0.4 is 5.32 Å². The van der Waals surface area contributed by atoms with Crippen molar-refractivity contribution in [2.45, 2.75) is 39.2 Å². The average molecular weight is 302 g/mol. The molecular weight excluding hydrogens is 286 g/mol. The highest BCUT2D eigenvalue weighted by Crippen LogP contribution is 2.26. The van der Waals surface area contributed by atoms with Crippen molar-refractivity contribution in [3.63, 3.8) is 0 Å². The number of nitrogens with zero attached hydrogens (tertiary/aromatic N) is 2. The van der Waals surface area contributed by atoms with Crippen LogP contribution in [0.5, 0.6) is 0 Å². The van der Waals surface area contributed by atoms with Crippen molar-refractivity contribution in [1.29, 1.82) is 0 Å². The zero-order valence-corrected chi connectivity index (χ0v) is 11.5. The van der Waals surface area contributed by atoms with Gasteiger partial charge in [-0.05, 0) is 29.3 Å². The Hall–Kier alpha value is -1.17. The van der Waals surface area contributed by atoms with Gasteiger partial charge in [0, 0.05) is 22.8 Å².